The molecule has 2 fully saturated rings. The van der Waals surface area contributed by atoms with Crippen LogP contribution in [-0.2, 0) is 12.4 Å². The van der Waals surface area contributed by atoms with Gasteiger partial charge in [0.15, 0.2) is 23.0 Å². The summed E-state index contributed by atoms with van der Waals surface area (Å²) >= 11 is 0. The Bertz CT molecular complexity index is 2060. The standard InChI is InChI=1S/2C23H25F3N2O3/c2*1-30-20-13-15-3-8-19(22(29)18(15)14-21(20)31-2)28-11-9-27(10-12-28)17-6-4-16(5-7-17)23(24,25)26/h2*3-8,13-14,19,22,29H,9-12H2,1-2H3/t2*19-,22-/m11/s1. The van der Waals surface area contributed by atoms with Crippen LogP contribution in [-0.4, -0.2) is 113 Å². The molecule has 4 aromatic rings. The molecular weight excluding hydrogens is 819 g/mol. The minimum absolute atomic E-state index is 0.180. The molecule has 4 aromatic carbocycles. The van der Waals surface area contributed by atoms with E-state index in [9.17, 15) is 36.6 Å². The Kier molecular flexibility index (Phi) is 13.3. The molecule has 2 saturated heterocycles. The number of hydrogen-bond donors (Lipinski definition) is 2. The molecule has 4 aliphatic rings. The van der Waals surface area contributed by atoms with Gasteiger partial charge in [-0.3, -0.25) is 9.80 Å². The highest BCUT2D eigenvalue weighted by molar-refractivity contribution is 5.65. The molecule has 2 N–H and O–H groups in total. The van der Waals surface area contributed by atoms with Gasteiger partial charge in [-0.1, -0.05) is 24.3 Å². The van der Waals surface area contributed by atoms with Crippen LogP contribution in [0.3, 0.4) is 0 Å². The monoisotopic (exact) mass is 868 g/mol. The third kappa shape index (κ3) is 9.48. The molecule has 0 unspecified atom stereocenters. The number of benzene rings is 4. The molecule has 62 heavy (non-hydrogen) atoms. The molecule has 0 saturated carbocycles. The third-order valence-electron chi connectivity index (χ3n) is 12.0. The van der Waals surface area contributed by atoms with Gasteiger partial charge in [0.2, 0.25) is 0 Å². The number of aliphatic hydroxyl groups excluding tert-OH is 2. The smallest absolute Gasteiger partial charge is 0.416 e. The lowest BCUT2D eigenvalue weighted by molar-refractivity contribution is -0.138. The van der Waals surface area contributed by atoms with Crippen molar-refractivity contribution in [1.29, 1.82) is 0 Å². The normalized spacial score (nSPS) is 21.7. The second-order valence-electron chi connectivity index (χ2n) is 15.4. The van der Waals surface area contributed by atoms with E-state index in [1.165, 1.54) is 24.3 Å². The Morgan fingerprint density at radius 1 is 0.468 bits per heavy atom. The maximum atomic E-state index is 12.8. The Labute approximate surface area is 356 Å². The molecule has 0 aromatic heterocycles. The van der Waals surface area contributed by atoms with E-state index in [1.807, 2.05) is 48.6 Å². The van der Waals surface area contributed by atoms with Crippen LogP contribution in [0.2, 0.25) is 0 Å². The van der Waals surface area contributed by atoms with Gasteiger partial charge >= 0.3 is 12.4 Å². The van der Waals surface area contributed by atoms with Crippen molar-refractivity contribution in [2.75, 3.05) is 90.6 Å². The summed E-state index contributed by atoms with van der Waals surface area (Å²) in [5, 5.41) is 22.1. The van der Waals surface area contributed by atoms with E-state index < -0.39 is 35.7 Å². The first-order valence-electron chi connectivity index (χ1n) is 20.2. The van der Waals surface area contributed by atoms with Gasteiger partial charge in [0.05, 0.1) is 63.9 Å². The average Bonchev–Trinajstić information content (AvgIpc) is 3.28. The summed E-state index contributed by atoms with van der Waals surface area (Å²) in [5.41, 5.74) is 3.62. The van der Waals surface area contributed by atoms with Gasteiger partial charge in [-0.05, 0) is 95.1 Å². The molecule has 2 aliphatic carbocycles. The van der Waals surface area contributed by atoms with Crippen LogP contribution in [0.15, 0.2) is 84.9 Å². The third-order valence-corrected chi connectivity index (χ3v) is 12.0. The topological polar surface area (TPSA) is 90.3 Å². The summed E-state index contributed by atoms with van der Waals surface area (Å²) < 4.78 is 98.1. The summed E-state index contributed by atoms with van der Waals surface area (Å²) in [5.74, 6) is 2.37. The number of rotatable bonds is 8. The number of ether oxygens (including phenoxy) is 4. The van der Waals surface area contributed by atoms with Gasteiger partial charge in [-0.15, -0.1) is 0 Å². The van der Waals surface area contributed by atoms with E-state index >= 15 is 0 Å². The van der Waals surface area contributed by atoms with E-state index in [0.717, 1.165) is 57.9 Å². The van der Waals surface area contributed by atoms with Crippen molar-refractivity contribution >= 4 is 23.5 Å². The summed E-state index contributed by atoms with van der Waals surface area (Å²) in [6.45, 7) is 5.43. The Balaban J connectivity index is 0.000000186. The Morgan fingerprint density at radius 2 is 0.774 bits per heavy atom. The SMILES string of the molecule is COc1cc2c(cc1OC)[C@@H](O)[C@H](N1CCN(c3ccc(C(F)(F)F)cc3)CC1)C=C2.COc1cc2c(cc1OC)[C@@H](O)[C@H](N1CCN(c3ccc(C(F)(F)F)cc3)CC1)C=C2. The fourth-order valence-corrected chi connectivity index (χ4v) is 8.53. The van der Waals surface area contributed by atoms with Gasteiger partial charge in [0.1, 0.15) is 0 Å². The van der Waals surface area contributed by atoms with Crippen LogP contribution < -0.4 is 28.7 Å². The van der Waals surface area contributed by atoms with E-state index in [-0.39, 0.29) is 12.1 Å². The molecule has 0 bridgehead atoms. The molecule has 0 radical (unpaired) electrons. The summed E-state index contributed by atoms with van der Waals surface area (Å²) in [4.78, 5) is 8.53. The molecule has 10 nitrogen and oxygen atoms in total. The van der Waals surface area contributed by atoms with Gasteiger partial charge in [-0.2, -0.15) is 26.3 Å². The molecule has 332 valence electrons. The fourth-order valence-electron chi connectivity index (χ4n) is 8.53. The van der Waals surface area contributed by atoms with Gasteiger partial charge in [0.25, 0.3) is 0 Å². The Hall–Kier alpha value is -5.42. The van der Waals surface area contributed by atoms with Crippen molar-refractivity contribution in [1.82, 2.24) is 9.80 Å². The van der Waals surface area contributed by atoms with E-state index in [2.05, 4.69) is 19.6 Å². The molecule has 2 heterocycles. The molecular formula is C46H50F6N4O6. The minimum Gasteiger partial charge on any atom is -0.493 e. The molecule has 2 aliphatic heterocycles. The number of methoxy groups -OCH3 is 4. The fraction of sp³-hybridized carbons (Fsp3) is 0.391. The quantitative estimate of drug-likeness (QED) is 0.170. The summed E-state index contributed by atoms with van der Waals surface area (Å²) in [6.07, 6.45) is -2.13. The van der Waals surface area contributed by atoms with Crippen molar-refractivity contribution in [2.24, 2.45) is 0 Å². The van der Waals surface area contributed by atoms with Crippen LogP contribution in [0.1, 0.15) is 45.6 Å². The lowest BCUT2D eigenvalue weighted by atomic mass is 9.89. The zero-order valence-electron chi connectivity index (χ0n) is 34.8. The van der Waals surface area contributed by atoms with Crippen molar-refractivity contribution in [3.63, 3.8) is 0 Å². The van der Waals surface area contributed by atoms with E-state index in [0.29, 0.717) is 75.4 Å². The molecule has 16 heteroatoms. The van der Waals surface area contributed by atoms with Crippen LogP contribution in [0, 0.1) is 0 Å². The van der Waals surface area contributed by atoms with E-state index in [1.54, 1.807) is 28.4 Å². The van der Waals surface area contributed by atoms with Crippen LogP contribution >= 0.6 is 0 Å². The largest absolute Gasteiger partial charge is 0.493 e. The highest BCUT2D eigenvalue weighted by Gasteiger charge is 2.35. The van der Waals surface area contributed by atoms with Gasteiger partial charge < -0.3 is 39.0 Å². The molecule has 0 spiro atoms. The van der Waals surface area contributed by atoms with Gasteiger partial charge in [0, 0.05) is 63.7 Å². The predicted molar refractivity (Wildman–Crippen MR) is 225 cm³/mol. The van der Waals surface area contributed by atoms with Crippen molar-refractivity contribution in [3.05, 3.63) is 118 Å². The Morgan fingerprint density at radius 3 is 1.06 bits per heavy atom. The highest BCUT2D eigenvalue weighted by atomic mass is 19.4. The molecule has 4 atom stereocenters. The highest BCUT2D eigenvalue weighted by Crippen LogP contribution is 2.41. The lowest BCUT2D eigenvalue weighted by Crippen LogP contribution is -2.51. The first-order chi connectivity index (χ1) is 29.6. The summed E-state index contributed by atoms with van der Waals surface area (Å²) in [7, 11) is 6.28. The maximum Gasteiger partial charge on any atom is 0.416 e. The first-order valence-corrected chi connectivity index (χ1v) is 20.2. The van der Waals surface area contributed by atoms with Crippen molar-refractivity contribution in [2.45, 2.75) is 36.6 Å². The number of aliphatic hydroxyl groups is 2. The summed E-state index contributed by atoms with van der Waals surface area (Å²) in [6, 6.07) is 17.5. The number of halogens is 6. The van der Waals surface area contributed by atoms with E-state index in [4.69, 9.17) is 18.9 Å². The number of hydrogen-bond acceptors (Lipinski definition) is 10. The van der Waals surface area contributed by atoms with Crippen LogP contribution in [0.25, 0.3) is 12.2 Å². The minimum atomic E-state index is -4.33. The number of fused-ring (bicyclic) bond motifs is 2. The number of anilines is 2. The second-order valence-corrected chi connectivity index (χ2v) is 15.4. The number of nitrogens with zero attached hydrogens (tertiary/aromatic N) is 4. The lowest BCUT2D eigenvalue weighted by Gasteiger charge is -2.42. The zero-order valence-corrected chi connectivity index (χ0v) is 34.8. The average molecular weight is 869 g/mol. The molecule has 0 amide bonds. The second kappa shape index (κ2) is 18.5. The maximum absolute atomic E-state index is 12.8. The number of alkyl halides is 6. The molecule has 8 rings (SSSR count). The van der Waals surface area contributed by atoms with Crippen LogP contribution in [0.4, 0.5) is 37.7 Å². The van der Waals surface area contributed by atoms with Gasteiger partial charge in [-0.25, -0.2) is 0 Å². The number of piperazine rings is 2. The van der Waals surface area contributed by atoms with Crippen molar-refractivity contribution < 1.29 is 55.5 Å². The first kappa shape index (κ1) is 44.6. The van der Waals surface area contributed by atoms with Crippen LogP contribution in [0.5, 0.6) is 23.0 Å². The van der Waals surface area contributed by atoms with Crippen molar-refractivity contribution in [3.8, 4) is 23.0 Å². The zero-order chi connectivity index (χ0) is 44.3. The predicted octanol–water partition coefficient (Wildman–Crippen LogP) is 7.95.